The van der Waals surface area contributed by atoms with Gasteiger partial charge in [-0.05, 0) is 35.7 Å². The van der Waals surface area contributed by atoms with Crippen molar-refractivity contribution in [2.45, 2.75) is 13.0 Å². The maximum absolute atomic E-state index is 12.2. The molecule has 0 spiro atoms. The number of anilines is 1. The van der Waals surface area contributed by atoms with Crippen molar-refractivity contribution in [2.75, 3.05) is 12.3 Å². The molecule has 21 heavy (non-hydrogen) atoms. The van der Waals surface area contributed by atoms with E-state index in [0.717, 1.165) is 23.3 Å². The van der Waals surface area contributed by atoms with Gasteiger partial charge >= 0.3 is 0 Å². The first-order chi connectivity index (χ1) is 10.2. The van der Waals surface area contributed by atoms with Crippen molar-refractivity contribution in [1.82, 2.24) is 5.32 Å². The zero-order chi connectivity index (χ0) is 14.7. The number of carbonyl (C=O) groups is 1. The van der Waals surface area contributed by atoms with Crippen LogP contribution in [-0.2, 0) is 17.8 Å². The minimum atomic E-state index is -0.138. The fourth-order valence-corrected chi connectivity index (χ4v) is 2.53. The van der Waals surface area contributed by atoms with Gasteiger partial charge in [-0.3, -0.25) is 4.79 Å². The number of rotatable bonds is 3. The van der Waals surface area contributed by atoms with Crippen LogP contribution in [-0.4, -0.2) is 12.5 Å². The second kappa shape index (κ2) is 5.87. The lowest BCUT2D eigenvalue weighted by molar-refractivity contribution is -0.126. The molecule has 1 unspecified atom stereocenters. The molecule has 0 aliphatic carbocycles. The van der Waals surface area contributed by atoms with Crippen LogP contribution in [0.5, 0.6) is 5.75 Å². The summed E-state index contributed by atoms with van der Waals surface area (Å²) in [6, 6.07) is 15.4. The number of fused-ring (bicyclic) bond motifs is 1. The molecule has 4 heteroatoms. The van der Waals surface area contributed by atoms with Crippen molar-refractivity contribution in [3.63, 3.8) is 0 Å². The number of carbonyl (C=O) groups excluding carboxylic acids is 1. The van der Waals surface area contributed by atoms with Crippen LogP contribution in [0.3, 0.4) is 0 Å². The quantitative estimate of drug-likeness (QED) is 0.848. The summed E-state index contributed by atoms with van der Waals surface area (Å²) in [7, 11) is 0. The van der Waals surface area contributed by atoms with Crippen molar-refractivity contribution in [3.8, 4) is 5.75 Å². The Hall–Kier alpha value is -2.49. The lowest BCUT2D eigenvalue weighted by Crippen LogP contribution is -2.37. The molecule has 2 aromatic rings. The molecule has 1 aliphatic heterocycles. The highest BCUT2D eigenvalue weighted by atomic mass is 16.5. The summed E-state index contributed by atoms with van der Waals surface area (Å²) in [5.41, 5.74) is 8.52. The van der Waals surface area contributed by atoms with Crippen LogP contribution in [0.15, 0.2) is 48.5 Å². The van der Waals surface area contributed by atoms with Crippen LogP contribution < -0.4 is 15.8 Å². The topological polar surface area (TPSA) is 64.3 Å². The van der Waals surface area contributed by atoms with E-state index in [1.807, 2.05) is 48.5 Å². The van der Waals surface area contributed by atoms with Gasteiger partial charge in [0.1, 0.15) is 12.4 Å². The molecule has 0 saturated heterocycles. The Morgan fingerprint density at radius 2 is 2.10 bits per heavy atom. The molecular formula is C17H18N2O2. The summed E-state index contributed by atoms with van der Waals surface area (Å²) in [6.07, 6.45) is 0.721. The van der Waals surface area contributed by atoms with Crippen molar-refractivity contribution in [3.05, 3.63) is 59.7 Å². The maximum Gasteiger partial charge on any atom is 0.227 e. The maximum atomic E-state index is 12.2. The average molecular weight is 282 g/mol. The van der Waals surface area contributed by atoms with E-state index in [0.29, 0.717) is 18.8 Å². The SMILES string of the molecule is Nc1cccc(CNC(=O)C2COc3ccccc3C2)c1. The molecule has 0 bridgehead atoms. The number of hydrogen-bond acceptors (Lipinski definition) is 3. The van der Waals surface area contributed by atoms with Gasteiger partial charge in [-0.1, -0.05) is 30.3 Å². The number of hydrogen-bond donors (Lipinski definition) is 2. The predicted molar refractivity (Wildman–Crippen MR) is 81.8 cm³/mol. The lowest BCUT2D eigenvalue weighted by atomic mass is 9.96. The molecule has 108 valence electrons. The fourth-order valence-electron chi connectivity index (χ4n) is 2.53. The molecule has 0 fully saturated rings. The summed E-state index contributed by atoms with van der Waals surface area (Å²) in [4.78, 5) is 12.2. The Kier molecular flexibility index (Phi) is 3.77. The van der Waals surface area contributed by atoms with Crippen molar-refractivity contribution in [1.29, 1.82) is 0 Å². The summed E-state index contributed by atoms with van der Waals surface area (Å²) in [6.45, 7) is 0.918. The zero-order valence-corrected chi connectivity index (χ0v) is 11.7. The Morgan fingerprint density at radius 1 is 1.24 bits per heavy atom. The zero-order valence-electron chi connectivity index (χ0n) is 11.7. The molecule has 0 saturated carbocycles. The van der Waals surface area contributed by atoms with E-state index >= 15 is 0 Å². The van der Waals surface area contributed by atoms with Gasteiger partial charge in [-0.15, -0.1) is 0 Å². The highest BCUT2D eigenvalue weighted by molar-refractivity contribution is 5.79. The van der Waals surface area contributed by atoms with E-state index in [-0.39, 0.29) is 11.8 Å². The van der Waals surface area contributed by atoms with Crippen LogP contribution in [0.2, 0.25) is 0 Å². The summed E-state index contributed by atoms with van der Waals surface area (Å²) in [5, 5.41) is 2.95. The molecule has 1 atom stereocenters. The molecular weight excluding hydrogens is 264 g/mol. The highest BCUT2D eigenvalue weighted by Crippen LogP contribution is 2.26. The number of nitrogens with one attached hydrogen (secondary N) is 1. The van der Waals surface area contributed by atoms with Crippen LogP contribution >= 0.6 is 0 Å². The second-order valence-corrected chi connectivity index (χ2v) is 5.28. The van der Waals surface area contributed by atoms with Gasteiger partial charge in [0.15, 0.2) is 0 Å². The molecule has 1 aliphatic rings. The van der Waals surface area contributed by atoms with Crippen LogP contribution in [0, 0.1) is 5.92 Å². The minimum Gasteiger partial charge on any atom is -0.492 e. The number of benzene rings is 2. The van der Waals surface area contributed by atoms with E-state index in [1.54, 1.807) is 0 Å². The van der Waals surface area contributed by atoms with Gasteiger partial charge in [-0.25, -0.2) is 0 Å². The largest absolute Gasteiger partial charge is 0.492 e. The van der Waals surface area contributed by atoms with E-state index in [2.05, 4.69) is 5.32 Å². The Labute approximate surface area is 123 Å². The van der Waals surface area contributed by atoms with Crippen molar-refractivity contribution in [2.24, 2.45) is 5.92 Å². The first-order valence-corrected chi connectivity index (χ1v) is 7.05. The first kappa shape index (κ1) is 13.5. The third kappa shape index (κ3) is 3.16. The summed E-state index contributed by atoms with van der Waals surface area (Å²) < 4.78 is 5.65. The van der Waals surface area contributed by atoms with Gasteiger partial charge in [0.25, 0.3) is 0 Å². The summed E-state index contributed by atoms with van der Waals surface area (Å²) >= 11 is 0. The Bertz CT molecular complexity index is 655. The van der Waals surface area contributed by atoms with E-state index in [1.165, 1.54) is 0 Å². The van der Waals surface area contributed by atoms with E-state index in [4.69, 9.17) is 10.5 Å². The molecule has 0 radical (unpaired) electrons. The van der Waals surface area contributed by atoms with Gasteiger partial charge < -0.3 is 15.8 Å². The fraction of sp³-hybridized carbons (Fsp3) is 0.235. The third-order valence-corrected chi connectivity index (χ3v) is 3.67. The molecule has 3 N–H and O–H groups in total. The molecule has 1 amide bonds. The number of ether oxygens (including phenoxy) is 1. The average Bonchev–Trinajstić information content (AvgIpc) is 2.52. The molecule has 4 nitrogen and oxygen atoms in total. The summed E-state index contributed by atoms with van der Waals surface area (Å²) in [5.74, 6) is 0.769. The number of para-hydroxylation sites is 1. The molecule has 3 rings (SSSR count). The number of nitrogen functional groups attached to an aromatic ring is 1. The van der Waals surface area contributed by atoms with E-state index in [9.17, 15) is 4.79 Å². The Morgan fingerprint density at radius 3 is 2.95 bits per heavy atom. The van der Waals surface area contributed by atoms with Crippen LogP contribution in [0.4, 0.5) is 5.69 Å². The molecule has 0 aromatic heterocycles. The molecule has 2 aromatic carbocycles. The van der Waals surface area contributed by atoms with Crippen LogP contribution in [0.25, 0.3) is 0 Å². The minimum absolute atomic E-state index is 0.0203. The normalized spacial score (nSPS) is 16.7. The monoisotopic (exact) mass is 282 g/mol. The second-order valence-electron chi connectivity index (χ2n) is 5.28. The number of nitrogens with two attached hydrogens (primary N) is 1. The van der Waals surface area contributed by atoms with Gasteiger partial charge in [-0.2, -0.15) is 0 Å². The van der Waals surface area contributed by atoms with E-state index < -0.39 is 0 Å². The standard InChI is InChI=1S/C17H18N2O2/c18-15-6-3-4-12(8-15)10-19-17(20)14-9-13-5-1-2-7-16(13)21-11-14/h1-8,14H,9-11,18H2,(H,19,20). The smallest absolute Gasteiger partial charge is 0.227 e. The lowest BCUT2D eigenvalue weighted by Gasteiger charge is -2.24. The van der Waals surface area contributed by atoms with Crippen LogP contribution in [0.1, 0.15) is 11.1 Å². The van der Waals surface area contributed by atoms with Gasteiger partial charge in [0.05, 0.1) is 5.92 Å². The Balaban J connectivity index is 1.59. The van der Waals surface area contributed by atoms with Crippen molar-refractivity contribution >= 4 is 11.6 Å². The molecule has 1 heterocycles. The third-order valence-electron chi connectivity index (χ3n) is 3.67. The highest BCUT2D eigenvalue weighted by Gasteiger charge is 2.25. The van der Waals surface area contributed by atoms with Gasteiger partial charge in [0, 0.05) is 12.2 Å². The van der Waals surface area contributed by atoms with Crippen molar-refractivity contribution < 1.29 is 9.53 Å². The first-order valence-electron chi connectivity index (χ1n) is 7.05. The van der Waals surface area contributed by atoms with Gasteiger partial charge in [0.2, 0.25) is 5.91 Å². The predicted octanol–water partition coefficient (Wildman–Crippen LogP) is 2.14. The number of amides is 1.